The molecule has 0 amide bonds. The minimum atomic E-state index is -0.151. The summed E-state index contributed by atoms with van der Waals surface area (Å²) in [5.74, 6) is 0.160. The van der Waals surface area contributed by atoms with E-state index in [1.54, 1.807) is 22.8 Å². The number of aromatic nitrogens is 3. The van der Waals surface area contributed by atoms with E-state index in [1.165, 1.54) is 11.8 Å². The lowest BCUT2D eigenvalue weighted by Crippen LogP contribution is -2.24. The average Bonchev–Trinajstić information content (AvgIpc) is 3.07. The molecule has 0 atom stereocenters. The molecule has 29 heavy (non-hydrogen) atoms. The maximum Gasteiger partial charge on any atom is 0.262 e. The van der Waals surface area contributed by atoms with Crippen LogP contribution in [0.25, 0.3) is 21.8 Å². The second kappa shape index (κ2) is 8.23. The van der Waals surface area contributed by atoms with Crippen molar-refractivity contribution in [2.45, 2.75) is 25.0 Å². The number of aryl methyl sites for hydroxylation is 1. The lowest BCUT2D eigenvalue weighted by Gasteiger charge is -2.12. The van der Waals surface area contributed by atoms with Crippen LogP contribution in [0.2, 0.25) is 0 Å². The van der Waals surface area contributed by atoms with Gasteiger partial charge < -0.3 is 10.1 Å². The van der Waals surface area contributed by atoms with E-state index in [2.05, 4.69) is 9.97 Å². The standard InChI is InChI=1S/C22H21N3O3S/c1-14-20(15-7-2-4-9-17(15)23-14)19(27)13-29-22-24-18-10-5-3-8-16(18)21(28)25(22)11-6-12-26/h2-5,7-10,23,26H,6,11-13H2,1H3. The number of nitrogens with one attached hydrogen (secondary N) is 1. The van der Waals surface area contributed by atoms with Crippen molar-refractivity contribution in [1.82, 2.24) is 14.5 Å². The molecule has 2 heterocycles. The number of carbonyl (C=O) groups is 1. The van der Waals surface area contributed by atoms with E-state index in [-0.39, 0.29) is 23.7 Å². The maximum atomic E-state index is 13.0. The van der Waals surface area contributed by atoms with E-state index in [1.807, 2.05) is 37.3 Å². The van der Waals surface area contributed by atoms with Gasteiger partial charge >= 0.3 is 0 Å². The van der Waals surface area contributed by atoms with Gasteiger partial charge in [-0.1, -0.05) is 42.1 Å². The highest BCUT2D eigenvalue weighted by Gasteiger charge is 2.18. The number of hydrogen-bond donors (Lipinski definition) is 2. The topological polar surface area (TPSA) is 88.0 Å². The average molecular weight is 407 g/mol. The summed E-state index contributed by atoms with van der Waals surface area (Å²) < 4.78 is 1.55. The van der Waals surface area contributed by atoms with Crippen molar-refractivity contribution in [2.75, 3.05) is 12.4 Å². The molecule has 0 aliphatic rings. The first-order valence-corrected chi connectivity index (χ1v) is 10.4. The Balaban J connectivity index is 1.67. The normalized spacial score (nSPS) is 11.4. The van der Waals surface area contributed by atoms with E-state index >= 15 is 0 Å². The Kier molecular flexibility index (Phi) is 5.51. The molecule has 7 heteroatoms. The molecule has 0 fully saturated rings. The molecule has 0 saturated carbocycles. The molecular weight excluding hydrogens is 386 g/mol. The van der Waals surface area contributed by atoms with E-state index < -0.39 is 0 Å². The smallest absolute Gasteiger partial charge is 0.262 e. The SMILES string of the molecule is Cc1[nH]c2ccccc2c1C(=O)CSc1nc2ccccc2c(=O)n1CCCO. The Hall–Kier alpha value is -2.90. The number of thioether (sulfide) groups is 1. The van der Waals surface area contributed by atoms with Crippen LogP contribution in [0, 0.1) is 6.92 Å². The predicted molar refractivity (Wildman–Crippen MR) is 116 cm³/mol. The highest BCUT2D eigenvalue weighted by Crippen LogP contribution is 2.25. The Bertz CT molecular complexity index is 1260. The van der Waals surface area contributed by atoms with Crippen molar-refractivity contribution >= 4 is 39.4 Å². The summed E-state index contributed by atoms with van der Waals surface area (Å²) in [6.07, 6.45) is 0.447. The number of aliphatic hydroxyl groups excluding tert-OH is 1. The quantitative estimate of drug-likeness (QED) is 0.278. The van der Waals surface area contributed by atoms with Crippen LogP contribution in [0.1, 0.15) is 22.5 Å². The number of nitrogens with zero attached hydrogens (tertiary/aromatic N) is 2. The second-order valence-corrected chi connectivity index (χ2v) is 7.77. The molecule has 4 aromatic rings. The Labute approximate surface area is 171 Å². The van der Waals surface area contributed by atoms with Gasteiger partial charge in [-0.15, -0.1) is 0 Å². The third-order valence-corrected chi connectivity index (χ3v) is 5.85. The number of aliphatic hydroxyl groups is 1. The molecule has 0 unspecified atom stereocenters. The van der Waals surface area contributed by atoms with Crippen LogP contribution in [0.15, 0.2) is 58.5 Å². The summed E-state index contributed by atoms with van der Waals surface area (Å²) in [5, 5.41) is 11.1. The molecule has 4 rings (SSSR count). The monoisotopic (exact) mass is 407 g/mol. The van der Waals surface area contributed by atoms with Gasteiger partial charge in [-0.2, -0.15) is 0 Å². The maximum absolute atomic E-state index is 13.0. The summed E-state index contributed by atoms with van der Waals surface area (Å²) in [5.41, 5.74) is 2.90. The van der Waals surface area contributed by atoms with Crippen molar-refractivity contribution < 1.29 is 9.90 Å². The third kappa shape index (κ3) is 3.71. The fourth-order valence-corrected chi connectivity index (χ4v) is 4.42. The molecule has 0 radical (unpaired) electrons. The first kappa shape index (κ1) is 19.4. The van der Waals surface area contributed by atoms with Gasteiger partial charge in [0, 0.05) is 35.3 Å². The predicted octanol–water partition coefficient (Wildman–Crippen LogP) is 3.54. The minimum Gasteiger partial charge on any atom is -0.396 e. The van der Waals surface area contributed by atoms with Crippen LogP contribution in [0.5, 0.6) is 0 Å². The third-order valence-electron chi connectivity index (χ3n) is 4.87. The molecule has 2 aromatic carbocycles. The minimum absolute atomic E-state index is 0.0129. The summed E-state index contributed by atoms with van der Waals surface area (Å²) >= 11 is 1.26. The number of ketones is 1. The highest BCUT2D eigenvalue weighted by molar-refractivity contribution is 7.99. The van der Waals surface area contributed by atoms with Crippen molar-refractivity contribution in [2.24, 2.45) is 0 Å². The number of benzene rings is 2. The molecule has 148 valence electrons. The van der Waals surface area contributed by atoms with Crippen molar-refractivity contribution in [1.29, 1.82) is 0 Å². The number of hydrogen-bond acceptors (Lipinski definition) is 5. The van der Waals surface area contributed by atoms with Gasteiger partial charge in [0.1, 0.15) is 0 Å². The fourth-order valence-electron chi connectivity index (χ4n) is 3.52. The second-order valence-electron chi connectivity index (χ2n) is 6.83. The number of aromatic amines is 1. The summed E-state index contributed by atoms with van der Waals surface area (Å²) in [6, 6.07) is 14.9. The molecule has 2 aromatic heterocycles. The van der Waals surface area contributed by atoms with Gasteiger partial charge in [-0.25, -0.2) is 4.98 Å². The van der Waals surface area contributed by atoms with E-state index in [9.17, 15) is 14.7 Å². The zero-order chi connectivity index (χ0) is 20.4. The van der Waals surface area contributed by atoms with Crippen LogP contribution in [-0.2, 0) is 6.54 Å². The number of Topliss-reactive ketones (excluding diaryl/α,β-unsaturated/α-hetero) is 1. The number of H-pyrrole nitrogens is 1. The van der Waals surface area contributed by atoms with Crippen LogP contribution in [0.4, 0.5) is 0 Å². The number of fused-ring (bicyclic) bond motifs is 2. The zero-order valence-corrected chi connectivity index (χ0v) is 16.8. The van der Waals surface area contributed by atoms with Crippen molar-refractivity contribution in [3.63, 3.8) is 0 Å². The number of rotatable bonds is 7. The first-order chi connectivity index (χ1) is 14.1. The van der Waals surface area contributed by atoms with Crippen LogP contribution in [0.3, 0.4) is 0 Å². The number of para-hydroxylation sites is 2. The van der Waals surface area contributed by atoms with Crippen LogP contribution in [-0.4, -0.2) is 37.8 Å². The van der Waals surface area contributed by atoms with E-state index in [4.69, 9.17) is 0 Å². The number of carbonyl (C=O) groups excluding carboxylic acids is 1. The lowest BCUT2D eigenvalue weighted by atomic mass is 10.1. The van der Waals surface area contributed by atoms with Gasteiger partial charge in [0.25, 0.3) is 5.56 Å². The summed E-state index contributed by atoms with van der Waals surface area (Å²) in [7, 11) is 0. The molecule has 2 N–H and O–H groups in total. The van der Waals surface area contributed by atoms with E-state index in [0.29, 0.717) is 34.6 Å². The lowest BCUT2D eigenvalue weighted by molar-refractivity contribution is 0.102. The van der Waals surface area contributed by atoms with Gasteiger partial charge in [0.05, 0.1) is 16.7 Å². The van der Waals surface area contributed by atoms with Crippen LogP contribution < -0.4 is 5.56 Å². The van der Waals surface area contributed by atoms with Gasteiger partial charge in [-0.3, -0.25) is 14.2 Å². The van der Waals surface area contributed by atoms with Crippen molar-refractivity contribution in [3.05, 3.63) is 70.1 Å². The molecule has 6 nitrogen and oxygen atoms in total. The molecule has 0 spiro atoms. The Morgan fingerprint density at radius 2 is 1.86 bits per heavy atom. The fraction of sp³-hybridized carbons (Fsp3) is 0.227. The summed E-state index contributed by atoms with van der Waals surface area (Å²) in [6.45, 7) is 2.23. The first-order valence-electron chi connectivity index (χ1n) is 9.44. The molecule has 0 aliphatic heterocycles. The highest BCUT2D eigenvalue weighted by atomic mass is 32.2. The molecule has 0 aliphatic carbocycles. The van der Waals surface area contributed by atoms with Gasteiger partial charge in [0.15, 0.2) is 10.9 Å². The zero-order valence-electron chi connectivity index (χ0n) is 16.0. The van der Waals surface area contributed by atoms with Crippen LogP contribution >= 0.6 is 11.8 Å². The summed E-state index contributed by atoms with van der Waals surface area (Å²) in [4.78, 5) is 33.7. The largest absolute Gasteiger partial charge is 0.396 e. The molecule has 0 bridgehead atoms. The Morgan fingerprint density at radius 1 is 1.14 bits per heavy atom. The van der Waals surface area contributed by atoms with E-state index in [0.717, 1.165) is 16.6 Å². The van der Waals surface area contributed by atoms with Gasteiger partial charge in [-0.05, 0) is 31.5 Å². The molecule has 0 saturated heterocycles. The molecular formula is C22H21N3O3S. The Morgan fingerprint density at radius 3 is 2.66 bits per heavy atom. The van der Waals surface area contributed by atoms with Gasteiger partial charge in [0.2, 0.25) is 0 Å². The van der Waals surface area contributed by atoms with Crippen molar-refractivity contribution in [3.8, 4) is 0 Å².